The van der Waals surface area contributed by atoms with E-state index in [-0.39, 0.29) is 0 Å². The molecule has 0 saturated carbocycles. The second-order valence-electron chi connectivity index (χ2n) is 5.28. The van der Waals surface area contributed by atoms with Gasteiger partial charge in [0, 0.05) is 15.6 Å². The first-order chi connectivity index (χ1) is 12.8. The maximum Gasteiger partial charge on any atom is 0.347 e. The molecule has 0 aliphatic carbocycles. The molecule has 0 spiro atoms. The molecule has 1 amide bonds. The molecular weight excluding hydrogens is 400 g/mol. The van der Waals surface area contributed by atoms with Crippen LogP contribution in [0.25, 0.3) is 0 Å². The highest BCUT2D eigenvalue weighted by Gasteiger charge is 2.18. The number of ether oxygens (including phenoxy) is 2. The zero-order valence-corrected chi connectivity index (χ0v) is 15.7. The van der Waals surface area contributed by atoms with Crippen LogP contribution in [0.4, 0.5) is 14.5 Å². The van der Waals surface area contributed by atoms with E-state index in [1.807, 2.05) is 0 Å². The summed E-state index contributed by atoms with van der Waals surface area (Å²) in [7, 11) is 0. The highest BCUT2D eigenvalue weighted by Crippen LogP contribution is 2.26. The Morgan fingerprint density at radius 3 is 2.52 bits per heavy atom. The number of esters is 1. The van der Waals surface area contributed by atoms with Crippen molar-refractivity contribution in [1.29, 1.82) is 0 Å². The Hall–Kier alpha value is -2.32. The Kier molecular flexibility index (Phi) is 7.87. The van der Waals surface area contributed by atoms with Gasteiger partial charge in [0.05, 0.1) is 0 Å². The van der Waals surface area contributed by atoms with Crippen molar-refractivity contribution < 1.29 is 27.8 Å². The van der Waals surface area contributed by atoms with Crippen LogP contribution in [-0.4, -0.2) is 30.3 Å². The standard InChI is InChI=1S/C18H16ClF2NO4S/c1-11(26-14-4-2-3-12(19)9-14)17(24)25-10-16(23)22-13-5-7-15(8-6-13)27-18(20)21/h2-9,11,18H,10H2,1H3,(H,22,23). The minimum absolute atomic E-state index is 0.376. The zero-order valence-electron chi connectivity index (χ0n) is 14.2. The first kappa shape index (κ1) is 21.0. The van der Waals surface area contributed by atoms with Crippen LogP contribution in [0.1, 0.15) is 6.92 Å². The number of carbonyl (C=O) groups excluding carboxylic acids is 2. The molecule has 0 bridgehead atoms. The van der Waals surface area contributed by atoms with Crippen LogP contribution < -0.4 is 10.1 Å². The Morgan fingerprint density at radius 1 is 1.19 bits per heavy atom. The van der Waals surface area contributed by atoms with Gasteiger partial charge in [0.1, 0.15) is 5.75 Å². The van der Waals surface area contributed by atoms with Gasteiger partial charge in [0.25, 0.3) is 11.7 Å². The minimum Gasteiger partial charge on any atom is -0.479 e. The first-order valence-corrected chi connectivity index (χ1v) is 9.03. The molecule has 9 heteroatoms. The van der Waals surface area contributed by atoms with Crippen molar-refractivity contribution in [3.05, 3.63) is 53.6 Å². The van der Waals surface area contributed by atoms with Crippen molar-refractivity contribution in [2.24, 2.45) is 0 Å². The summed E-state index contributed by atoms with van der Waals surface area (Å²) in [5.74, 6) is -3.39. The molecule has 0 aromatic heterocycles. The van der Waals surface area contributed by atoms with E-state index in [2.05, 4.69) is 5.32 Å². The van der Waals surface area contributed by atoms with E-state index in [1.54, 1.807) is 24.3 Å². The number of halogens is 3. The van der Waals surface area contributed by atoms with Crippen molar-refractivity contribution in [2.45, 2.75) is 23.7 Å². The number of amides is 1. The van der Waals surface area contributed by atoms with Gasteiger partial charge in [0.2, 0.25) is 0 Å². The largest absolute Gasteiger partial charge is 0.479 e. The van der Waals surface area contributed by atoms with Crippen molar-refractivity contribution in [3.63, 3.8) is 0 Å². The lowest BCUT2D eigenvalue weighted by Gasteiger charge is -2.14. The van der Waals surface area contributed by atoms with E-state index < -0.39 is 30.3 Å². The molecule has 27 heavy (non-hydrogen) atoms. The SMILES string of the molecule is CC(Oc1cccc(Cl)c1)C(=O)OCC(=O)Nc1ccc(SC(F)F)cc1. The second-order valence-corrected chi connectivity index (χ2v) is 6.78. The Bertz CT molecular complexity index is 789. The van der Waals surface area contributed by atoms with Crippen LogP contribution in [-0.2, 0) is 14.3 Å². The third-order valence-electron chi connectivity index (χ3n) is 3.15. The second kappa shape index (κ2) is 10.1. The summed E-state index contributed by atoms with van der Waals surface area (Å²) < 4.78 is 34.8. The van der Waals surface area contributed by atoms with Gasteiger partial charge in [-0.1, -0.05) is 29.4 Å². The predicted octanol–water partition coefficient (Wildman–Crippen LogP) is 4.60. The Morgan fingerprint density at radius 2 is 1.89 bits per heavy atom. The molecule has 0 radical (unpaired) electrons. The van der Waals surface area contributed by atoms with Gasteiger partial charge in [-0.2, -0.15) is 8.78 Å². The number of anilines is 1. The maximum atomic E-state index is 12.3. The quantitative estimate of drug-likeness (QED) is 0.504. The number of benzene rings is 2. The van der Waals surface area contributed by atoms with Gasteiger partial charge >= 0.3 is 5.97 Å². The van der Waals surface area contributed by atoms with E-state index in [0.717, 1.165) is 0 Å². The molecule has 5 nitrogen and oxygen atoms in total. The Labute approximate surface area is 164 Å². The van der Waals surface area contributed by atoms with Crippen LogP contribution in [0, 0.1) is 0 Å². The summed E-state index contributed by atoms with van der Waals surface area (Å²) in [5, 5.41) is 2.97. The molecule has 0 aliphatic heterocycles. The zero-order chi connectivity index (χ0) is 19.8. The fourth-order valence-corrected chi connectivity index (χ4v) is 2.64. The van der Waals surface area contributed by atoms with Gasteiger partial charge in [0.15, 0.2) is 12.7 Å². The first-order valence-electron chi connectivity index (χ1n) is 7.77. The highest BCUT2D eigenvalue weighted by atomic mass is 35.5. The molecule has 2 aromatic carbocycles. The lowest BCUT2D eigenvalue weighted by Crippen LogP contribution is -2.29. The number of hydrogen-bond donors (Lipinski definition) is 1. The average Bonchev–Trinajstić information content (AvgIpc) is 2.61. The third kappa shape index (κ3) is 7.44. The molecule has 0 heterocycles. The summed E-state index contributed by atoms with van der Waals surface area (Å²) in [5.41, 5.74) is 0.401. The van der Waals surface area contributed by atoms with Crippen LogP contribution in [0.15, 0.2) is 53.4 Å². The topological polar surface area (TPSA) is 64.6 Å². The fraction of sp³-hybridized carbons (Fsp3) is 0.222. The van der Waals surface area contributed by atoms with Gasteiger partial charge in [-0.3, -0.25) is 4.79 Å². The smallest absolute Gasteiger partial charge is 0.347 e. The van der Waals surface area contributed by atoms with Gasteiger partial charge in [-0.25, -0.2) is 4.79 Å². The summed E-state index contributed by atoms with van der Waals surface area (Å²) in [6.45, 7) is 0.982. The van der Waals surface area contributed by atoms with E-state index in [1.165, 1.54) is 31.2 Å². The van der Waals surface area contributed by atoms with Gasteiger partial charge in [-0.15, -0.1) is 0 Å². The summed E-state index contributed by atoms with van der Waals surface area (Å²) >= 11 is 6.24. The molecule has 1 unspecified atom stereocenters. The number of thioether (sulfide) groups is 1. The number of alkyl halides is 2. The molecule has 1 atom stereocenters. The number of hydrogen-bond acceptors (Lipinski definition) is 5. The molecule has 0 aliphatic rings. The molecule has 2 aromatic rings. The van der Waals surface area contributed by atoms with Crippen molar-refractivity contribution in [2.75, 3.05) is 11.9 Å². The van der Waals surface area contributed by atoms with Crippen molar-refractivity contribution in [3.8, 4) is 5.75 Å². The van der Waals surface area contributed by atoms with E-state index in [0.29, 0.717) is 33.1 Å². The molecule has 0 fully saturated rings. The van der Waals surface area contributed by atoms with Gasteiger partial charge < -0.3 is 14.8 Å². The fourth-order valence-electron chi connectivity index (χ4n) is 1.96. The summed E-state index contributed by atoms with van der Waals surface area (Å²) in [6.07, 6.45) is -0.929. The minimum atomic E-state index is -2.51. The summed E-state index contributed by atoms with van der Waals surface area (Å²) in [6, 6.07) is 12.4. The summed E-state index contributed by atoms with van der Waals surface area (Å²) in [4.78, 5) is 24.1. The number of carbonyl (C=O) groups is 2. The van der Waals surface area contributed by atoms with Crippen LogP contribution in [0.2, 0.25) is 5.02 Å². The third-order valence-corrected chi connectivity index (χ3v) is 4.11. The Balaban J connectivity index is 1.77. The normalized spacial score (nSPS) is 11.7. The number of nitrogens with one attached hydrogen (secondary N) is 1. The van der Waals surface area contributed by atoms with E-state index in [4.69, 9.17) is 21.1 Å². The van der Waals surface area contributed by atoms with E-state index in [9.17, 15) is 18.4 Å². The lowest BCUT2D eigenvalue weighted by atomic mass is 10.3. The molecular formula is C18H16ClF2NO4S. The molecule has 0 saturated heterocycles. The predicted molar refractivity (Wildman–Crippen MR) is 99.4 cm³/mol. The van der Waals surface area contributed by atoms with Crippen molar-refractivity contribution >= 4 is 40.9 Å². The van der Waals surface area contributed by atoms with Crippen LogP contribution >= 0.6 is 23.4 Å². The number of rotatable bonds is 8. The lowest BCUT2D eigenvalue weighted by molar-refractivity contribution is -0.153. The average molecular weight is 416 g/mol. The molecule has 144 valence electrons. The van der Waals surface area contributed by atoms with Crippen molar-refractivity contribution in [1.82, 2.24) is 0 Å². The highest BCUT2D eigenvalue weighted by molar-refractivity contribution is 7.99. The van der Waals surface area contributed by atoms with Gasteiger partial charge in [-0.05, 0) is 49.4 Å². The molecule has 1 N–H and O–H groups in total. The monoisotopic (exact) mass is 415 g/mol. The molecule has 2 rings (SSSR count). The van der Waals surface area contributed by atoms with E-state index >= 15 is 0 Å². The van der Waals surface area contributed by atoms with Crippen LogP contribution in [0.3, 0.4) is 0 Å². The van der Waals surface area contributed by atoms with Crippen LogP contribution in [0.5, 0.6) is 5.75 Å². The maximum absolute atomic E-state index is 12.3.